The zero-order valence-electron chi connectivity index (χ0n) is 8.79. The first-order valence-electron chi connectivity index (χ1n) is 5.00. The highest BCUT2D eigenvalue weighted by molar-refractivity contribution is 5.76. The van der Waals surface area contributed by atoms with E-state index in [4.69, 9.17) is 15.2 Å². The molecule has 0 saturated heterocycles. The standard InChI is InChI=1S/C9H14F3NO3/c1-2-15-6(7(13)9(10,11)12)8(14)16-5-3-4-5/h5-7H,2-4,13H2,1H3/t6-,7-/m0/s1. The number of halogens is 3. The van der Waals surface area contributed by atoms with Crippen LogP contribution in [-0.4, -0.2) is 37.0 Å². The van der Waals surface area contributed by atoms with Crippen molar-refractivity contribution in [2.75, 3.05) is 6.61 Å². The Bertz CT molecular complexity index is 253. The molecule has 16 heavy (non-hydrogen) atoms. The number of hydrogen-bond acceptors (Lipinski definition) is 4. The Morgan fingerprint density at radius 3 is 2.44 bits per heavy atom. The first kappa shape index (κ1) is 13.2. The molecule has 1 aliphatic rings. The third-order valence-corrected chi connectivity index (χ3v) is 2.09. The van der Waals surface area contributed by atoms with E-state index in [-0.39, 0.29) is 12.7 Å². The monoisotopic (exact) mass is 241 g/mol. The van der Waals surface area contributed by atoms with Crippen LogP contribution in [0.2, 0.25) is 0 Å². The Morgan fingerprint density at radius 2 is 2.06 bits per heavy atom. The lowest BCUT2D eigenvalue weighted by Gasteiger charge is -2.24. The van der Waals surface area contributed by atoms with Gasteiger partial charge in [0, 0.05) is 6.61 Å². The van der Waals surface area contributed by atoms with E-state index in [1.54, 1.807) is 0 Å². The van der Waals surface area contributed by atoms with E-state index < -0.39 is 24.3 Å². The molecule has 0 unspecified atom stereocenters. The largest absolute Gasteiger partial charge is 0.460 e. The van der Waals surface area contributed by atoms with Crippen LogP contribution in [0.5, 0.6) is 0 Å². The maximum atomic E-state index is 12.3. The number of ether oxygens (including phenoxy) is 2. The highest BCUT2D eigenvalue weighted by Gasteiger charge is 2.47. The molecule has 0 aromatic carbocycles. The average molecular weight is 241 g/mol. The molecule has 0 aliphatic heterocycles. The van der Waals surface area contributed by atoms with Gasteiger partial charge in [-0.25, -0.2) is 4.79 Å². The maximum absolute atomic E-state index is 12.3. The minimum atomic E-state index is -4.68. The molecule has 1 aliphatic carbocycles. The number of carbonyl (C=O) groups excluding carboxylic acids is 1. The summed E-state index contributed by atoms with van der Waals surface area (Å²) in [6.07, 6.45) is -5.35. The van der Waals surface area contributed by atoms with E-state index >= 15 is 0 Å². The van der Waals surface area contributed by atoms with E-state index in [1.807, 2.05) is 0 Å². The maximum Gasteiger partial charge on any atom is 0.406 e. The van der Waals surface area contributed by atoms with Gasteiger partial charge in [0.2, 0.25) is 0 Å². The summed E-state index contributed by atoms with van der Waals surface area (Å²) in [5, 5.41) is 0. The van der Waals surface area contributed by atoms with Crippen molar-refractivity contribution in [2.24, 2.45) is 5.73 Å². The molecule has 1 saturated carbocycles. The van der Waals surface area contributed by atoms with Crippen LogP contribution in [0.25, 0.3) is 0 Å². The molecule has 4 nitrogen and oxygen atoms in total. The minimum Gasteiger partial charge on any atom is -0.460 e. The molecule has 7 heteroatoms. The molecule has 2 atom stereocenters. The van der Waals surface area contributed by atoms with Gasteiger partial charge in [-0.1, -0.05) is 0 Å². The smallest absolute Gasteiger partial charge is 0.406 e. The third kappa shape index (κ3) is 3.64. The number of hydrogen-bond donors (Lipinski definition) is 1. The molecule has 94 valence electrons. The van der Waals surface area contributed by atoms with Crippen LogP contribution in [0.15, 0.2) is 0 Å². The Kier molecular flexibility index (Phi) is 4.15. The molecule has 2 N–H and O–H groups in total. The SMILES string of the molecule is CCO[C@H](C(=O)OC1CC1)[C@H](N)C(F)(F)F. The molecule has 0 aromatic rings. The Morgan fingerprint density at radius 1 is 1.50 bits per heavy atom. The van der Waals surface area contributed by atoms with Crippen molar-refractivity contribution in [1.82, 2.24) is 0 Å². The zero-order chi connectivity index (χ0) is 12.3. The number of carbonyl (C=O) groups is 1. The van der Waals surface area contributed by atoms with Gasteiger partial charge in [0.25, 0.3) is 0 Å². The van der Waals surface area contributed by atoms with Crippen LogP contribution in [0, 0.1) is 0 Å². The zero-order valence-corrected chi connectivity index (χ0v) is 8.79. The molecule has 0 aromatic heterocycles. The normalized spacial score (nSPS) is 20.3. The van der Waals surface area contributed by atoms with Crippen LogP contribution in [0.3, 0.4) is 0 Å². The Hall–Kier alpha value is -0.820. The average Bonchev–Trinajstić information content (AvgIpc) is 2.95. The second kappa shape index (κ2) is 5.01. The Balaban J connectivity index is 2.60. The predicted octanol–water partition coefficient (Wildman–Crippen LogP) is 0.987. The highest BCUT2D eigenvalue weighted by atomic mass is 19.4. The van der Waals surface area contributed by atoms with Gasteiger partial charge in [-0.05, 0) is 19.8 Å². The molecule has 1 fully saturated rings. The van der Waals surface area contributed by atoms with Crippen molar-refractivity contribution in [3.05, 3.63) is 0 Å². The molecule has 0 amide bonds. The number of esters is 1. The summed E-state index contributed by atoms with van der Waals surface area (Å²) in [4.78, 5) is 11.3. The third-order valence-electron chi connectivity index (χ3n) is 2.09. The number of nitrogens with two attached hydrogens (primary N) is 1. The lowest BCUT2D eigenvalue weighted by Crippen LogP contribution is -2.52. The van der Waals surface area contributed by atoms with Gasteiger partial charge < -0.3 is 15.2 Å². The van der Waals surface area contributed by atoms with Gasteiger partial charge in [-0.3, -0.25) is 0 Å². The summed E-state index contributed by atoms with van der Waals surface area (Å²) >= 11 is 0. The van der Waals surface area contributed by atoms with Crippen LogP contribution < -0.4 is 5.73 Å². The number of rotatable bonds is 5. The fourth-order valence-corrected chi connectivity index (χ4v) is 1.09. The topological polar surface area (TPSA) is 61.5 Å². The fourth-order valence-electron chi connectivity index (χ4n) is 1.09. The van der Waals surface area contributed by atoms with Gasteiger partial charge in [-0.2, -0.15) is 13.2 Å². The predicted molar refractivity (Wildman–Crippen MR) is 48.6 cm³/mol. The molecular formula is C9H14F3NO3. The summed E-state index contributed by atoms with van der Waals surface area (Å²) in [5.41, 5.74) is 4.93. The summed E-state index contributed by atoms with van der Waals surface area (Å²) in [5.74, 6) is -1.03. The lowest BCUT2D eigenvalue weighted by molar-refractivity contribution is -0.193. The van der Waals surface area contributed by atoms with E-state index in [1.165, 1.54) is 6.92 Å². The van der Waals surface area contributed by atoms with Crippen molar-refractivity contribution in [1.29, 1.82) is 0 Å². The molecular weight excluding hydrogens is 227 g/mol. The summed E-state index contributed by atoms with van der Waals surface area (Å²) in [7, 11) is 0. The highest BCUT2D eigenvalue weighted by Crippen LogP contribution is 2.27. The summed E-state index contributed by atoms with van der Waals surface area (Å²) in [6.45, 7) is 1.45. The van der Waals surface area contributed by atoms with Crippen molar-refractivity contribution >= 4 is 5.97 Å². The second-order valence-corrected chi connectivity index (χ2v) is 3.58. The number of alkyl halides is 3. The summed E-state index contributed by atoms with van der Waals surface area (Å²) < 4.78 is 46.4. The van der Waals surface area contributed by atoms with Crippen molar-refractivity contribution < 1.29 is 27.4 Å². The van der Waals surface area contributed by atoms with Crippen LogP contribution in [0.4, 0.5) is 13.2 Å². The van der Waals surface area contributed by atoms with Gasteiger partial charge >= 0.3 is 12.1 Å². The second-order valence-electron chi connectivity index (χ2n) is 3.58. The Labute approximate surface area is 90.9 Å². The first-order valence-corrected chi connectivity index (χ1v) is 5.00. The van der Waals surface area contributed by atoms with Crippen LogP contribution in [0.1, 0.15) is 19.8 Å². The van der Waals surface area contributed by atoms with Crippen molar-refractivity contribution in [3.8, 4) is 0 Å². The van der Waals surface area contributed by atoms with Gasteiger partial charge in [0.1, 0.15) is 12.1 Å². The fraction of sp³-hybridized carbons (Fsp3) is 0.889. The molecule has 0 heterocycles. The van der Waals surface area contributed by atoms with E-state index in [2.05, 4.69) is 0 Å². The van der Waals surface area contributed by atoms with E-state index in [0.29, 0.717) is 12.8 Å². The minimum absolute atomic E-state index is 0.0335. The van der Waals surface area contributed by atoms with E-state index in [9.17, 15) is 18.0 Å². The van der Waals surface area contributed by atoms with Crippen molar-refractivity contribution in [2.45, 2.75) is 44.2 Å². The summed E-state index contributed by atoms with van der Waals surface area (Å²) in [6, 6.07) is -2.35. The van der Waals surface area contributed by atoms with E-state index in [0.717, 1.165) is 0 Å². The van der Waals surface area contributed by atoms with Gasteiger partial charge in [0.15, 0.2) is 6.10 Å². The quantitative estimate of drug-likeness (QED) is 0.729. The van der Waals surface area contributed by atoms with Gasteiger partial charge in [-0.15, -0.1) is 0 Å². The molecule has 1 rings (SSSR count). The van der Waals surface area contributed by atoms with Crippen molar-refractivity contribution in [3.63, 3.8) is 0 Å². The van der Waals surface area contributed by atoms with Crippen LogP contribution >= 0.6 is 0 Å². The van der Waals surface area contributed by atoms with Crippen LogP contribution in [-0.2, 0) is 14.3 Å². The molecule has 0 bridgehead atoms. The molecule has 0 radical (unpaired) electrons. The molecule has 0 spiro atoms. The van der Waals surface area contributed by atoms with Gasteiger partial charge in [0.05, 0.1) is 0 Å². The first-order chi connectivity index (χ1) is 7.36. The lowest BCUT2D eigenvalue weighted by atomic mass is 10.1.